The molecule has 0 fully saturated rings. The molecule has 0 saturated carbocycles. The van der Waals surface area contributed by atoms with Crippen LogP contribution in [0.3, 0.4) is 0 Å². The molecule has 3 heteroatoms. The summed E-state index contributed by atoms with van der Waals surface area (Å²) in [7, 11) is -1.68. The molecule has 0 bridgehead atoms. The summed E-state index contributed by atoms with van der Waals surface area (Å²) in [5.74, 6) is 0. The van der Waals surface area contributed by atoms with Crippen molar-refractivity contribution in [2.45, 2.75) is 38.9 Å². The van der Waals surface area contributed by atoms with E-state index in [2.05, 4.69) is 25.9 Å². The SMILES string of the molecule is CC(C)(C)[Si](C)(C)N[O-]. The van der Waals surface area contributed by atoms with E-state index in [1.165, 1.54) is 0 Å². The molecule has 2 nitrogen and oxygen atoms in total. The second-order valence-electron chi connectivity index (χ2n) is 3.98. The molecule has 0 atom stereocenters. The molecule has 9 heavy (non-hydrogen) atoms. The summed E-state index contributed by atoms with van der Waals surface area (Å²) in [5.41, 5.74) is 0. The van der Waals surface area contributed by atoms with E-state index in [0.29, 0.717) is 0 Å². The lowest BCUT2D eigenvalue weighted by Gasteiger charge is -2.40. The van der Waals surface area contributed by atoms with E-state index in [4.69, 9.17) is 0 Å². The molecule has 0 aliphatic rings. The van der Waals surface area contributed by atoms with Crippen molar-refractivity contribution in [2.24, 2.45) is 0 Å². The second kappa shape index (κ2) is 2.40. The molecule has 0 unspecified atom stereocenters. The molecule has 0 amide bonds. The highest BCUT2D eigenvalue weighted by molar-refractivity contribution is 6.77. The van der Waals surface area contributed by atoms with Gasteiger partial charge in [0, 0.05) is 0 Å². The minimum Gasteiger partial charge on any atom is -0.794 e. The van der Waals surface area contributed by atoms with Gasteiger partial charge in [0.2, 0.25) is 0 Å². The predicted molar refractivity (Wildman–Crippen MR) is 43.7 cm³/mol. The fraction of sp³-hybridized carbons (Fsp3) is 1.00. The average molecular weight is 146 g/mol. The van der Waals surface area contributed by atoms with Gasteiger partial charge in [0.25, 0.3) is 0 Å². The Labute approximate surface area is 58.3 Å². The van der Waals surface area contributed by atoms with Crippen LogP contribution >= 0.6 is 0 Å². The largest absolute Gasteiger partial charge is 0.794 e. The third-order valence-corrected chi connectivity index (χ3v) is 6.39. The molecule has 0 aromatic heterocycles. The van der Waals surface area contributed by atoms with Crippen molar-refractivity contribution in [3.63, 3.8) is 0 Å². The van der Waals surface area contributed by atoms with Crippen LogP contribution in [0.4, 0.5) is 0 Å². The van der Waals surface area contributed by atoms with Crippen LogP contribution in [0.2, 0.25) is 18.1 Å². The molecule has 0 spiro atoms. The third kappa shape index (κ3) is 2.08. The van der Waals surface area contributed by atoms with Crippen LogP contribution < -0.4 is 5.15 Å². The van der Waals surface area contributed by atoms with Crippen molar-refractivity contribution in [1.82, 2.24) is 5.15 Å². The molecule has 0 aromatic carbocycles. The van der Waals surface area contributed by atoms with Gasteiger partial charge in [0.05, 0.1) is 0 Å². The zero-order valence-corrected chi connectivity index (χ0v) is 7.91. The van der Waals surface area contributed by atoms with Crippen LogP contribution in [-0.2, 0) is 0 Å². The first-order valence-electron chi connectivity index (χ1n) is 3.20. The molecule has 0 heterocycles. The summed E-state index contributed by atoms with van der Waals surface area (Å²) in [5, 5.41) is 12.7. The monoisotopic (exact) mass is 146 g/mol. The number of hydrogen-bond acceptors (Lipinski definition) is 2. The molecule has 0 aromatic rings. The summed E-state index contributed by atoms with van der Waals surface area (Å²) in [6.07, 6.45) is 0. The highest BCUT2D eigenvalue weighted by atomic mass is 28.3. The Morgan fingerprint density at radius 1 is 1.22 bits per heavy atom. The van der Waals surface area contributed by atoms with Crippen LogP contribution in [0.25, 0.3) is 0 Å². The molecular formula is C6H16NOSi-. The van der Waals surface area contributed by atoms with Gasteiger partial charge in [-0.05, 0) is 5.04 Å². The maximum atomic E-state index is 10.4. The quantitative estimate of drug-likeness (QED) is 0.454. The van der Waals surface area contributed by atoms with Crippen molar-refractivity contribution in [3.05, 3.63) is 5.21 Å². The molecule has 0 aliphatic heterocycles. The van der Waals surface area contributed by atoms with Gasteiger partial charge in [-0.3, -0.25) is 0 Å². The normalized spacial score (nSPS) is 14.0. The van der Waals surface area contributed by atoms with Crippen molar-refractivity contribution in [1.29, 1.82) is 0 Å². The molecule has 0 rings (SSSR count). The predicted octanol–water partition coefficient (Wildman–Crippen LogP) is 2.08. The van der Waals surface area contributed by atoms with E-state index in [1.54, 1.807) is 0 Å². The Hall–Kier alpha value is 0.137. The molecule has 56 valence electrons. The topological polar surface area (TPSA) is 35.1 Å². The minimum absolute atomic E-state index is 0.161. The van der Waals surface area contributed by atoms with Gasteiger partial charge in [0.15, 0.2) is 0 Å². The Morgan fingerprint density at radius 2 is 1.56 bits per heavy atom. The van der Waals surface area contributed by atoms with Crippen LogP contribution in [0.5, 0.6) is 0 Å². The van der Waals surface area contributed by atoms with Crippen LogP contribution in [0.15, 0.2) is 0 Å². The summed E-state index contributed by atoms with van der Waals surface area (Å²) < 4.78 is 0. The van der Waals surface area contributed by atoms with E-state index >= 15 is 0 Å². The standard InChI is InChI=1S/C6H16NOSi/c1-6(2,3)9(4,5)7-8/h7H,1-5H3/q-1. The summed E-state index contributed by atoms with van der Waals surface area (Å²) in [6.45, 7) is 10.4. The fourth-order valence-electron chi connectivity index (χ4n) is 0.153. The molecule has 1 N–H and O–H groups in total. The van der Waals surface area contributed by atoms with E-state index in [1.807, 2.05) is 13.1 Å². The highest BCUT2D eigenvalue weighted by Gasteiger charge is 2.31. The molecule has 0 radical (unpaired) electrons. The Morgan fingerprint density at radius 3 is 1.56 bits per heavy atom. The summed E-state index contributed by atoms with van der Waals surface area (Å²) in [6, 6.07) is 0. The Bertz CT molecular complexity index is 95.7. The second-order valence-corrected chi connectivity index (χ2v) is 8.93. The van der Waals surface area contributed by atoms with Gasteiger partial charge < -0.3 is 10.4 Å². The first-order chi connectivity index (χ1) is 3.81. The van der Waals surface area contributed by atoms with E-state index in [0.717, 1.165) is 0 Å². The van der Waals surface area contributed by atoms with E-state index in [9.17, 15) is 5.21 Å². The lowest BCUT2D eigenvalue weighted by Crippen LogP contribution is -2.49. The van der Waals surface area contributed by atoms with Crippen molar-refractivity contribution < 1.29 is 0 Å². The van der Waals surface area contributed by atoms with Gasteiger partial charge in [-0.25, -0.2) is 0 Å². The summed E-state index contributed by atoms with van der Waals surface area (Å²) >= 11 is 0. The maximum Gasteiger partial charge on any atom is 0.112 e. The van der Waals surface area contributed by atoms with Crippen LogP contribution in [0, 0.1) is 5.21 Å². The Kier molecular flexibility index (Phi) is 2.44. The highest BCUT2D eigenvalue weighted by Crippen LogP contribution is 2.33. The van der Waals surface area contributed by atoms with Crippen molar-refractivity contribution >= 4 is 8.24 Å². The van der Waals surface area contributed by atoms with Crippen molar-refractivity contribution in [3.8, 4) is 0 Å². The number of rotatable bonds is 1. The van der Waals surface area contributed by atoms with E-state index in [-0.39, 0.29) is 5.04 Å². The molecule has 0 saturated heterocycles. The van der Waals surface area contributed by atoms with E-state index < -0.39 is 8.24 Å². The lowest BCUT2D eigenvalue weighted by molar-refractivity contribution is 0.706. The zero-order valence-electron chi connectivity index (χ0n) is 6.91. The van der Waals surface area contributed by atoms with Crippen LogP contribution in [-0.4, -0.2) is 8.24 Å². The Balaban J connectivity index is 4.14. The zero-order chi connectivity index (χ0) is 7.71. The molecule has 0 aliphatic carbocycles. The lowest BCUT2D eigenvalue weighted by atomic mass is 10.2. The third-order valence-electron chi connectivity index (χ3n) is 2.13. The molecular weight excluding hydrogens is 130 g/mol. The smallest absolute Gasteiger partial charge is 0.112 e. The first-order valence-corrected chi connectivity index (χ1v) is 6.20. The van der Waals surface area contributed by atoms with Gasteiger partial charge >= 0.3 is 0 Å². The average Bonchev–Trinajstić information content (AvgIpc) is 1.64. The van der Waals surface area contributed by atoms with Gasteiger partial charge in [-0.15, -0.1) is 0 Å². The van der Waals surface area contributed by atoms with Gasteiger partial charge in [-0.2, -0.15) is 0 Å². The number of nitrogens with one attached hydrogen (secondary N) is 1. The fourth-order valence-corrected chi connectivity index (χ4v) is 0.459. The van der Waals surface area contributed by atoms with Crippen molar-refractivity contribution in [2.75, 3.05) is 0 Å². The van der Waals surface area contributed by atoms with Gasteiger partial charge in [0.1, 0.15) is 8.24 Å². The number of hydrogen-bond donors (Lipinski definition) is 1. The van der Waals surface area contributed by atoms with Gasteiger partial charge in [-0.1, -0.05) is 33.9 Å². The first kappa shape index (κ1) is 9.14. The maximum absolute atomic E-state index is 10.4. The van der Waals surface area contributed by atoms with Crippen LogP contribution in [0.1, 0.15) is 20.8 Å². The minimum atomic E-state index is -1.68. The summed E-state index contributed by atoms with van der Waals surface area (Å²) in [4.78, 5) is 0.